The molecule has 27 heavy (non-hydrogen) atoms. The summed E-state index contributed by atoms with van der Waals surface area (Å²) < 4.78 is 26.4. The fourth-order valence-electron chi connectivity index (χ4n) is 2.64. The standard InChI is InChI=1S/C19H26N4O3S/c1-19(2,16-20)21(3)18(24)15-22-10-12-23(13-11-22)27(25,26)14-9-17-7-5-4-6-8-17/h4-9,14H,10-13,15H2,1-3H3/b14-9+. The van der Waals surface area contributed by atoms with Crippen molar-refractivity contribution >= 4 is 22.0 Å². The van der Waals surface area contributed by atoms with Gasteiger partial charge in [0.15, 0.2) is 0 Å². The largest absolute Gasteiger partial charge is 0.326 e. The summed E-state index contributed by atoms with van der Waals surface area (Å²) in [6, 6.07) is 11.4. The van der Waals surface area contributed by atoms with Gasteiger partial charge in [-0.15, -0.1) is 0 Å². The molecule has 1 heterocycles. The van der Waals surface area contributed by atoms with Crippen LogP contribution in [-0.2, 0) is 14.8 Å². The lowest BCUT2D eigenvalue weighted by Gasteiger charge is -2.35. The maximum absolute atomic E-state index is 12.5. The SMILES string of the molecule is CN(C(=O)CN1CCN(S(=O)(=O)/C=C/c2ccccc2)CC1)C(C)(C)C#N. The van der Waals surface area contributed by atoms with E-state index in [9.17, 15) is 13.2 Å². The van der Waals surface area contributed by atoms with Crippen LogP contribution in [0.4, 0.5) is 0 Å². The van der Waals surface area contributed by atoms with E-state index in [1.54, 1.807) is 27.0 Å². The van der Waals surface area contributed by atoms with E-state index >= 15 is 0 Å². The van der Waals surface area contributed by atoms with E-state index in [0.29, 0.717) is 26.2 Å². The topological polar surface area (TPSA) is 84.7 Å². The second-order valence-electron chi connectivity index (χ2n) is 7.06. The van der Waals surface area contributed by atoms with E-state index in [1.807, 2.05) is 35.2 Å². The van der Waals surface area contributed by atoms with Crippen LogP contribution >= 0.6 is 0 Å². The molecule has 1 aromatic rings. The van der Waals surface area contributed by atoms with Crippen LogP contribution in [-0.4, -0.2) is 73.7 Å². The fourth-order valence-corrected chi connectivity index (χ4v) is 3.81. The van der Waals surface area contributed by atoms with Gasteiger partial charge in [-0.05, 0) is 25.5 Å². The molecule has 1 aliphatic heterocycles. The minimum absolute atomic E-state index is 0.151. The van der Waals surface area contributed by atoms with Crippen LogP contribution < -0.4 is 0 Å². The van der Waals surface area contributed by atoms with Gasteiger partial charge in [0, 0.05) is 38.6 Å². The first-order valence-electron chi connectivity index (χ1n) is 8.79. The number of nitriles is 1. The highest BCUT2D eigenvalue weighted by Crippen LogP contribution is 2.14. The molecule has 1 aliphatic rings. The Morgan fingerprint density at radius 1 is 1.22 bits per heavy atom. The molecule has 0 aliphatic carbocycles. The molecule has 0 saturated carbocycles. The Kier molecular flexibility index (Phi) is 6.76. The number of likely N-dealkylation sites (N-methyl/N-ethyl adjacent to an activating group) is 1. The first kappa shape index (κ1) is 21.1. The zero-order valence-corrected chi connectivity index (χ0v) is 16.8. The van der Waals surface area contributed by atoms with Crippen molar-refractivity contribution in [3.63, 3.8) is 0 Å². The van der Waals surface area contributed by atoms with Gasteiger partial charge in [-0.1, -0.05) is 30.3 Å². The number of piperazine rings is 1. The summed E-state index contributed by atoms with van der Waals surface area (Å²) in [5, 5.41) is 10.4. The molecule has 0 radical (unpaired) electrons. The number of carbonyl (C=O) groups excluding carboxylic acids is 1. The van der Waals surface area contributed by atoms with Crippen molar-refractivity contribution in [1.82, 2.24) is 14.1 Å². The fraction of sp³-hybridized carbons (Fsp3) is 0.474. The normalized spacial score (nSPS) is 17.0. The number of amides is 1. The van der Waals surface area contributed by atoms with Gasteiger partial charge < -0.3 is 4.90 Å². The Morgan fingerprint density at radius 3 is 2.37 bits per heavy atom. The van der Waals surface area contributed by atoms with E-state index < -0.39 is 15.6 Å². The molecule has 1 saturated heterocycles. The molecular weight excluding hydrogens is 364 g/mol. The van der Waals surface area contributed by atoms with Crippen molar-refractivity contribution in [2.75, 3.05) is 39.8 Å². The van der Waals surface area contributed by atoms with Crippen LogP contribution in [0, 0.1) is 11.3 Å². The number of nitrogens with zero attached hydrogens (tertiary/aromatic N) is 4. The van der Waals surface area contributed by atoms with E-state index in [4.69, 9.17) is 5.26 Å². The van der Waals surface area contributed by atoms with Crippen LogP contribution in [0.1, 0.15) is 19.4 Å². The first-order valence-corrected chi connectivity index (χ1v) is 10.3. The molecule has 1 aromatic carbocycles. The van der Waals surface area contributed by atoms with Crippen LogP contribution in [0.5, 0.6) is 0 Å². The molecular formula is C19H26N4O3S. The predicted octanol–water partition coefficient (Wildman–Crippen LogP) is 1.37. The van der Waals surface area contributed by atoms with Crippen LogP contribution in [0.25, 0.3) is 6.08 Å². The number of sulfonamides is 1. The summed E-state index contributed by atoms with van der Waals surface area (Å²) in [5.74, 6) is -0.151. The summed E-state index contributed by atoms with van der Waals surface area (Å²) in [5.41, 5.74) is -0.0433. The van der Waals surface area contributed by atoms with E-state index in [0.717, 1.165) is 5.56 Å². The van der Waals surface area contributed by atoms with E-state index in [-0.39, 0.29) is 12.5 Å². The Morgan fingerprint density at radius 2 is 1.81 bits per heavy atom. The summed E-state index contributed by atoms with van der Waals surface area (Å²) >= 11 is 0. The molecule has 0 bridgehead atoms. The zero-order chi connectivity index (χ0) is 20.1. The van der Waals surface area contributed by atoms with Gasteiger partial charge >= 0.3 is 0 Å². The third kappa shape index (κ3) is 5.63. The van der Waals surface area contributed by atoms with Gasteiger partial charge in [-0.3, -0.25) is 9.69 Å². The molecule has 1 amide bonds. The minimum atomic E-state index is -3.49. The second-order valence-corrected chi connectivity index (χ2v) is 8.88. The summed E-state index contributed by atoms with van der Waals surface area (Å²) in [7, 11) is -1.88. The smallest absolute Gasteiger partial charge is 0.237 e. The number of carbonyl (C=O) groups is 1. The lowest BCUT2D eigenvalue weighted by Crippen LogP contribution is -2.53. The summed E-state index contributed by atoms with van der Waals surface area (Å²) in [4.78, 5) is 15.7. The third-order valence-corrected chi connectivity index (χ3v) is 6.33. The number of benzene rings is 1. The Hall–Kier alpha value is -2.21. The average Bonchev–Trinajstić information content (AvgIpc) is 2.67. The average molecular weight is 391 g/mol. The maximum atomic E-state index is 12.5. The Bertz CT molecular complexity index is 820. The van der Waals surface area contributed by atoms with E-state index in [1.165, 1.54) is 14.6 Å². The van der Waals surface area contributed by atoms with Crippen molar-refractivity contribution in [3.8, 4) is 6.07 Å². The monoisotopic (exact) mass is 390 g/mol. The summed E-state index contributed by atoms with van der Waals surface area (Å²) in [6.07, 6.45) is 1.59. The molecule has 2 rings (SSSR count). The predicted molar refractivity (Wildman–Crippen MR) is 105 cm³/mol. The van der Waals surface area contributed by atoms with Gasteiger partial charge in [0.05, 0.1) is 12.6 Å². The molecule has 0 aromatic heterocycles. The van der Waals surface area contributed by atoms with Crippen LogP contribution in [0.2, 0.25) is 0 Å². The van der Waals surface area contributed by atoms with Crippen LogP contribution in [0.3, 0.4) is 0 Å². The molecule has 7 nitrogen and oxygen atoms in total. The van der Waals surface area contributed by atoms with Crippen molar-refractivity contribution in [1.29, 1.82) is 5.26 Å². The lowest BCUT2D eigenvalue weighted by molar-refractivity contribution is -0.134. The highest BCUT2D eigenvalue weighted by atomic mass is 32.2. The third-order valence-electron chi connectivity index (χ3n) is 4.77. The summed E-state index contributed by atoms with van der Waals surface area (Å²) in [6.45, 7) is 5.18. The van der Waals surface area contributed by atoms with Gasteiger partial charge in [0.1, 0.15) is 5.54 Å². The van der Waals surface area contributed by atoms with Crippen molar-refractivity contribution in [3.05, 3.63) is 41.3 Å². The number of rotatable bonds is 6. The zero-order valence-electron chi connectivity index (χ0n) is 16.0. The van der Waals surface area contributed by atoms with Crippen molar-refractivity contribution in [2.45, 2.75) is 19.4 Å². The van der Waals surface area contributed by atoms with Crippen LogP contribution in [0.15, 0.2) is 35.7 Å². The highest BCUT2D eigenvalue weighted by Gasteiger charge is 2.30. The second kappa shape index (κ2) is 8.65. The first-order chi connectivity index (χ1) is 12.7. The Balaban J connectivity index is 1.90. The van der Waals surface area contributed by atoms with Gasteiger partial charge in [0.2, 0.25) is 15.9 Å². The van der Waals surface area contributed by atoms with Gasteiger partial charge in [-0.25, -0.2) is 8.42 Å². The van der Waals surface area contributed by atoms with E-state index in [2.05, 4.69) is 6.07 Å². The number of hydrogen-bond donors (Lipinski definition) is 0. The quantitative estimate of drug-likeness (QED) is 0.732. The number of hydrogen-bond acceptors (Lipinski definition) is 5. The highest BCUT2D eigenvalue weighted by molar-refractivity contribution is 7.92. The molecule has 1 fully saturated rings. The van der Waals surface area contributed by atoms with Crippen molar-refractivity contribution < 1.29 is 13.2 Å². The molecule has 0 atom stereocenters. The molecule has 0 unspecified atom stereocenters. The van der Waals surface area contributed by atoms with Gasteiger partial charge in [0.25, 0.3) is 0 Å². The molecule has 0 spiro atoms. The van der Waals surface area contributed by atoms with Crippen molar-refractivity contribution in [2.24, 2.45) is 0 Å². The molecule has 8 heteroatoms. The maximum Gasteiger partial charge on any atom is 0.237 e. The molecule has 0 N–H and O–H groups in total. The Labute approximate surface area is 161 Å². The van der Waals surface area contributed by atoms with Gasteiger partial charge in [-0.2, -0.15) is 9.57 Å². The minimum Gasteiger partial charge on any atom is -0.326 e. The molecule has 146 valence electrons. The lowest BCUT2D eigenvalue weighted by atomic mass is 10.1.